The van der Waals surface area contributed by atoms with Crippen LogP contribution >= 0.6 is 11.6 Å². The highest BCUT2D eigenvalue weighted by Crippen LogP contribution is 2.31. The van der Waals surface area contributed by atoms with E-state index in [1.54, 1.807) is 29.2 Å². The van der Waals surface area contributed by atoms with Crippen LogP contribution in [-0.4, -0.2) is 29.8 Å². The van der Waals surface area contributed by atoms with Crippen LogP contribution in [0.1, 0.15) is 41.3 Å². The maximum atomic E-state index is 12.9. The zero-order valence-electron chi connectivity index (χ0n) is 15.8. The van der Waals surface area contributed by atoms with Gasteiger partial charge in [-0.05, 0) is 62.1 Å². The number of nitrogens with zero attached hydrogens (tertiary/aromatic N) is 1. The second kappa shape index (κ2) is 8.13. The summed E-state index contributed by atoms with van der Waals surface area (Å²) in [4.78, 5) is 27.5. The molecule has 1 aliphatic rings. The van der Waals surface area contributed by atoms with Crippen LogP contribution < -0.4 is 5.32 Å². The number of rotatable bonds is 4. The molecule has 1 N–H and O–H groups in total. The molecule has 0 aliphatic carbocycles. The first-order valence-electron chi connectivity index (χ1n) is 9.27. The predicted octanol–water partition coefficient (Wildman–Crippen LogP) is 4.21. The standard InChI is InChI=1S/C22H25ClN2O2/c1-16-6-3-4-7-18(16)14-24-21(27)22(2)12-5-13-25(15-22)20(26)17-8-10-19(23)11-9-17/h3-4,6-11H,5,12-15H2,1-2H3,(H,24,27). The fourth-order valence-electron chi connectivity index (χ4n) is 3.57. The van der Waals surface area contributed by atoms with E-state index in [1.165, 1.54) is 0 Å². The van der Waals surface area contributed by atoms with Gasteiger partial charge in [0.05, 0.1) is 5.41 Å². The lowest BCUT2D eigenvalue weighted by atomic mass is 9.80. The molecule has 1 atom stereocenters. The number of halogens is 1. The number of carbonyl (C=O) groups is 2. The van der Waals surface area contributed by atoms with Gasteiger partial charge >= 0.3 is 0 Å². The lowest BCUT2D eigenvalue weighted by molar-refractivity contribution is -0.132. The SMILES string of the molecule is Cc1ccccc1CNC(=O)C1(C)CCCN(C(=O)c2ccc(Cl)cc2)C1. The number of amides is 2. The summed E-state index contributed by atoms with van der Waals surface area (Å²) in [7, 11) is 0. The minimum Gasteiger partial charge on any atom is -0.351 e. The molecule has 1 saturated heterocycles. The average molecular weight is 385 g/mol. The van der Waals surface area contributed by atoms with E-state index in [9.17, 15) is 9.59 Å². The number of likely N-dealkylation sites (tertiary alicyclic amines) is 1. The molecule has 0 bridgehead atoms. The van der Waals surface area contributed by atoms with Gasteiger partial charge in [0.1, 0.15) is 0 Å². The summed E-state index contributed by atoms with van der Waals surface area (Å²) in [6.07, 6.45) is 1.59. The third-order valence-corrected chi connectivity index (χ3v) is 5.58. The van der Waals surface area contributed by atoms with E-state index in [0.29, 0.717) is 30.2 Å². The molecule has 1 fully saturated rings. The molecule has 142 valence electrons. The highest BCUT2D eigenvalue weighted by atomic mass is 35.5. The van der Waals surface area contributed by atoms with Crippen LogP contribution in [-0.2, 0) is 11.3 Å². The van der Waals surface area contributed by atoms with Crippen LogP contribution in [0.3, 0.4) is 0 Å². The monoisotopic (exact) mass is 384 g/mol. The van der Waals surface area contributed by atoms with Crippen molar-refractivity contribution in [1.29, 1.82) is 0 Å². The van der Waals surface area contributed by atoms with Crippen molar-refractivity contribution < 1.29 is 9.59 Å². The van der Waals surface area contributed by atoms with Crippen molar-refractivity contribution in [3.63, 3.8) is 0 Å². The van der Waals surface area contributed by atoms with Gasteiger partial charge in [-0.2, -0.15) is 0 Å². The Bertz CT molecular complexity index is 834. The van der Waals surface area contributed by atoms with Gasteiger partial charge in [0.15, 0.2) is 0 Å². The molecular formula is C22H25ClN2O2. The van der Waals surface area contributed by atoms with Crippen LogP contribution in [0.5, 0.6) is 0 Å². The summed E-state index contributed by atoms with van der Waals surface area (Å²) < 4.78 is 0. The van der Waals surface area contributed by atoms with Gasteiger partial charge in [0.2, 0.25) is 5.91 Å². The molecule has 5 heteroatoms. The Balaban J connectivity index is 1.66. The zero-order chi connectivity index (χ0) is 19.4. The normalized spacial score (nSPS) is 19.6. The number of hydrogen-bond donors (Lipinski definition) is 1. The van der Waals surface area contributed by atoms with Crippen molar-refractivity contribution in [2.75, 3.05) is 13.1 Å². The molecule has 27 heavy (non-hydrogen) atoms. The van der Waals surface area contributed by atoms with Gasteiger partial charge in [-0.15, -0.1) is 0 Å². The van der Waals surface area contributed by atoms with Gasteiger partial charge in [0.25, 0.3) is 5.91 Å². The number of aryl methyl sites for hydroxylation is 1. The lowest BCUT2D eigenvalue weighted by Gasteiger charge is -2.39. The van der Waals surface area contributed by atoms with Crippen molar-refractivity contribution in [2.24, 2.45) is 5.41 Å². The van der Waals surface area contributed by atoms with E-state index < -0.39 is 5.41 Å². The minimum atomic E-state index is -0.580. The third kappa shape index (κ3) is 4.51. The molecule has 0 saturated carbocycles. The largest absolute Gasteiger partial charge is 0.351 e. The van der Waals surface area contributed by atoms with E-state index in [2.05, 4.69) is 5.32 Å². The van der Waals surface area contributed by atoms with E-state index in [0.717, 1.165) is 24.0 Å². The van der Waals surface area contributed by atoms with Crippen molar-refractivity contribution >= 4 is 23.4 Å². The molecular weight excluding hydrogens is 360 g/mol. The summed E-state index contributed by atoms with van der Waals surface area (Å²) in [5, 5.41) is 3.66. The van der Waals surface area contributed by atoms with E-state index in [-0.39, 0.29) is 11.8 Å². The van der Waals surface area contributed by atoms with Crippen LogP contribution in [0.15, 0.2) is 48.5 Å². The molecule has 2 amide bonds. The Kier molecular flexibility index (Phi) is 5.85. The fourth-order valence-corrected chi connectivity index (χ4v) is 3.70. The summed E-state index contributed by atoms with van der Waals surface area (Å²) >= 11 is 5.91. The van der Waals surface area contributed by atoms with Crippen LogP contribution in [0.2, 0.25) is 5.02 Å². The summed E-state index contributed by atoms with van der Waals surface area (Å²) in [5.74, 6) is -0.0522. The molecule has 2 aromatic carbocycles. The Morgan fingerprint density at radius 2 is 1.85 bits per heavy atom. The van der Waals surface area contributed by atoms with Crippen LogP contribution in [0, 0.1) is 12.3 Å². The Morgan fingerprint density at radius 1 is 1.15 bits per heavy atom. The van der Waals surface area contributed by atoms with Gasteiger partial charge in [-0.25, -0.2) is 0 Å². The Labute approximate surface area is 165 Å². The van der Waals surface area contributed by atoms with Crippen molar-refractivity contribution in [2.45, 2.75) is 33.2 Å². The smallest absolute Gasteiger partial charge is 0.253 e. The first-order chi connectivity index (χ1) is 12.9. The Morgan fingerprint density at radius 3 is 2.56 bits per heavy atom. The highest BCUT2D eigenvalue weighted by molar-refractivity contribution is 6.30. The molecule has 4 nitrogen and oxygen atoms in total. The average Bonchev–Trinajstić information content (AvgIpc) is 2.67. The predicted molar refractivity (Wildman–Crippen MR) is 108 cm³/mol. The van der Waals surface area contributed by atoms with Gasteiger partial charge in [0, 0.05) is 30.2 Å². The summed E-state index contributed by atoms with van der Waals surface area (Å²) in [6, 6.07) is 14.9. The van der Waals surface area contributed by atoms with Crippen molar-refractivity contribution in [1.82, 2.24) is 10.2 Å². The van der Waals surface area contributed by atoms with E-state index in [1.807, 2.05) is 38.1 Å². The summed E-state index contributed by atoms with van der Waals surface area (Å²) in [5.41, 5.74) is 2.29. The second-order valence-electron chi connectivity index (χ2n) is 7.51. The fraction of sp³-hybridized carbons (Fsp3) is 0.364. The van der Waals surface area contributed by atoms with Gasteiger partial charge in [-0.1, -0.05) is 35.9 Å². The number of benzene rings is 2. The number of nitrogens with one attached hydrogen (secondary N) is 1. The molecule has 2 aromatic rings. The molecule has 0 aromatic heterocycles. The number of hydrogen-bond acceptors (Lipinski definition) is 2. The highest BCUT2D eigenvalue weighted by Gasteiger charge is 2.39. The van der Waals surface area contributed by atoms with Crippen molar-refractivity contribution in [3.8, 4) is 0 Å². The topological polar surface area (TPSA) is 49.4 Å². The van der Waals surface area contributed by atoms with Crippen molar-refractivity contribution in [3.05, 3.63) is 70.2 Å². The first kappa shape index (κ1) is 19.4. The molecule has 1 aliphatic heterocycles. The minimum absolute atomic E-state index is 0.000593. The lowest BCUT2D eigenvalue weighted by Crippen LogP contribution is -2.51. The maximum absolute atomic E-state index is 12.9. The quantitative estimate of drug-likeness (QED) is 0.858. The number of piperidine rings is 1. The number of carbonyl (C=O) groups excluding carboxylic acids is 2. The molecule has 3 rings (SSSR count). The maximum Gasteiger partial charge on any atom is 0.253 e. The van der Waals surface area contributed by atoms with Crippen LogP contribution in [0.25, 0.3) is 0 Å². The van der Waals surface area contributed by atoms with Gasteiger partial charge < -0.3 is 10.2 Å². The van der Waals surface area contributed by atoms with E-state index >= 15 is 0 Å². The molecule has 0 radical (unpaired) electrons. The zero-order valence-corrected chi connectivity index (χ0v) is 16.6. The molecule has 0 spiro atoms. The second-order valence-corrected chi connectivity index (χ2v) is 7.94. The molecule has 1 heterocycles. The van der Waals surface area contributed by atoms with Crippen LogP contribution in [0.4, 0.5) is 0 Å². The third-order valence-electron chi connectivity index (χ3n) is 5.32. The molecule has 1 unspecified atom stereocenters. The first-order valence-corrected chi connectivity index (χ1v) is 9.64. The van der Waals surface area contributed by atoms with Gasteiger partial charge in [-0.3, -0.25) is 9.59 Å². The Hall–Kier alpha value is -2.33. The summed E-state index contributed by atoms with van der Waals surface area (Å²) in [6.45, 7) is 5.58. The van der Waals surface area contributed by atoms with E-state index in [4.69, 9.17) is 11.6 Å².